The lowest BCUT2D eigenvalue weighted by Crippen LogP contribution is -2.16. The van der Waals surface area contributed by atoms with Crippen molar-refractivity contribution in [3.05, 3.63) is 127 Å². The fourth-order valence-corrected chi connectivity index (χ4v) is 4.65. The predicted molar refractivity (Wildman–Crippen MR) is 160 cm³/mol. The molecule has 0 saturated heterocycles. The Morgan fingerprint density at radius 2 is 1.13 bits per heavy atom. The first kappa shape index (κ1) is 25.4. The van der Waals surface area contributed by atoms with E-state index in [4.69, 9.17) is 0 Å². The molecule has 0 unspecified atom stereocenters. The van der Waals surface area contributed by atoms with Crippen molar-refractivity contribution >= 4 is 17.1 Å². The number of nitrogens with zero attached hydrogens (tertiary/aromatic N) is 3. The molecule has 3 nitrogen and oxygen atoms in total. The maximum atomic E-state index is 4.61. The SMILES string of the molecule is CC(C)c1cc(N(c2cccc(-c3ccccn3)c2)c2cccc(-c3ccccn3)c2)cc(C(C)(C)C)c1. The molecule has 0 aliphatic rings. The Hall–Kier alpha value is -4.24. The summed E-state index contributed by atoms with van der Waals surface area (Å²) in [5.41, 5.74) is 10.1. The van der Waals surface area contributed by atoms with Crippen molar-refractivity contribution in [3.63, 3.8) is 0 Å². The van der Waals surface area contributed by atoms with Crippen LogP contribution in [-0.2, 0) is 5.41 Å². The summed E-state index contributed by atoms with van der Waals surface area (Å²) in [5.74, 6) is 0.414. The van der Waals surface area contributed by atoms with Gasteiger partial charge in [-0.1, -0.05) is 77.1 Å². The van der Waals surface area contributed by atoms with Gasteiger partial charge in [0.1, 0.15) is 0 Å². The zero-order valence-electron chi connectivity index (χ0n) is 22.9. The van der Waals surface area contributed by atoms with Gasteiger partial charge in [-0.25, -0.2) is 0 Å². The van der Waals surface area contributed by atoms with Gasteiger partial charge in [0.15, 0.2) is 0 Å². The highest BCUT2D eigenvalue weighted by molar-refractivity contribution is 5.82. The van der Waals surface area contributed by atoms with Crippen LogP contribution >= 0.6 is 0 Å². The minimum atomic E-state index is 0.0247. The zero-order valence-corrected chi connectivity index (χ0v) is 22.9. The third-order valence-corrected chi connectivity index (χ3v) is 6.86. The van der Waals surface area contributed by atoms with Crippen molar-refractivity contribution in [2.24, 2.45) is 0 Å². The second-order valence-corrected chi connectivity index (χ2v) is 11.1. The second kappa shape index (κ2) is 10.6. The quantitative estimate of drug-likeness (QED) is 0.234. The molecule has 0 fully saturated rings. The maximum Gasteiger partial charge on any atom is 0.0702 e. The van der Waals surface area contributed by atoms with Gasteiger partial charge in [-0.3, -0.25) is 9.97 Å². The average molecular weight is 498 g/mol. The molecule has 0 N–H and O–H groups in total. The third kappa shape index (κ3) is 5.52. The summed E-state index contributed by atoms with van der Waals surface area (Å²) in [4.78, 5) is 11.6. The molecule has 0 saturated carbocycles. The molecule has 0 aliphatic carbocycles. The Morgan fingerprint density at radius 3 is 1.58 bits per heavy atom. The highest BCUT2D eigenvalue weighted by Gasteiger charge is 2.21. The van der Waals surface area contributed by atoms with E-state index in [1.165, 1.54) is 11.1 Å². The van der Waals surface area contributed by atoms with E-state index < -0.39 is 0 Å². The molecule has 190 valence electrons. The monoisotopic (exact) mass is 497 g/mol. The standard InChI is InChI=1S/C35H35N3/c1-25(2)28-20-29(35(3,4)5)24-32(23-28)38(30-14-10-12-26(21-30)33-16-6-8-18-36-33)31-15-11-13-27(22-31)34-17-7-9-19-37-34/h6-25H,1-5H3. The molecule has 0 bridgehead atoms. The predicted octanol–water partition coefficient (Wildman–Crippen LogP) is 9.70. The number of anilines is 3. The first-order valence-corrected chi connectivity index (χ1v) is 13.3. The van der Waals surface area contributed by atoms with Crippen molar-refractivity contribution in [2.45, 2.75) is 46.0 Å². The molecule has 2 heterocycles. The van der Waals surface area contributed by atoms with E-state index in [0.717, 1.165) is 39.6 Å². The Bertz CT molecular complexity index is 1430. The molecule has 5 aromatic rings. The van der Waals surface area contributed by atoms with Crippen molar-refractivity contribution < 1.29 is 0 Å². The van der Waals surface area contributed by atoms with Gasteiger partial charge in [-0.05, 0) is 83.1 Å². The van der Waals surface area contributed by atoms with Crippen molar-refractivity contribution in [1.29, 1.82) is 0 Å². The number of aromatic nitrogens is 2. The molecule has 0 spiro atoms. The molecule has 3 heteroatoms. The summed E-state index contributed by atoms with van der Waals surface area (Å²) in [7, 11) is 0. The van der Waals surface area contributed by atoms with Crippen LogP contribution in [0.1, 0.15) is 51.7 Å². The summed E-state index contributed by atoms with van der Waals surface area (Å²) in [6.45, 7) is 11.4. The fourth-order valence-electron chi connectivity index (χ4n) is 4.65. The van der Waals surface area contributed by atoms with Crippen molar-refractivity contribution in [1.82, 2.24) is 9.97 Å². The van der Waals surface area contributed by atoms with Crippen LogP contribution in [0.15, 0.2) is 116 Å². The van der Waals surface area contributed by atoms with E-state index in [2.05, 4.69) is 128 Å². The maximum absolute atomic E-state index is 4.61. The van der Waals surface area contributed by atoms with E-state index in [1.54, 1.807) is 0 Å². The van der Waals surface area contributed by atoms with Gasteiger partial charge in [0.2, 0.25) is 0 Å². The van der Waals surface area contributed by atoms with Crippen molar-refractivity contribution in [2.75, 3.05) is 4.90 Å². The topological polar surface area (TPSA) is 29.0 Å². The Balaban J connectivity index is 1.73. The van der Waals surface area contributed by atoms with Crippen LogP contribution in [0.4, 0.5) is 17.1 Å². The number of pyridine rings is 2. The van der Waals surface area contributed by atoms with Crippen LogP contribution < -0.4 is 4.90 Å². The smallest absolute Gasteiger partial charge is 0.0702 e. The van der Waals surface area contributed by atoms with Crippen LogP contribution in [0.5, 0.6) is 0 Å². The van der Waals surface area contributed by atoms with E-state index >= 15 is 0 Å². The molecule has 0 atom stereocenters. The van der Waals surface area contributed by atoms with Crippen LogP contribution in [0.25, 0.3) is 22.5 Å². The molecule has 0 amide bonds. The van der Waals surface area contributed by atoms with E-state index in [1.807, 2.05) is 36.7 Å². The summed E-state index contributed by atoms with van der Waals surface area (Å²) < 4.78 is 0. The van der Waals surface area contributed by atoms with Crippen LogP contribution in [0.3, 0.4) is 0 Å². The lowest BCUT2D eigenvalue weighted by atomic mass is 9.84. The molecule has 0 radical (unpaired) electrons. The second-order valence-electron chi connectivity index (χ2n) is 11.1. The fraction of sp³-hybridized carbons (Fsp3) is 0.200. The van der Waals surface area contributed by atoms with Gasteiger partial charge in [-0.15, -0.1) is 0 Å². The summed E-state index contributed by atoms with van der Waals surface area (Å²) in [6, 6.07) is 36.4. The highest BCUT2D eigenvalue weighted by atomic mass is 15.1. The lowest BCUT2D eigenvalue weighted by Gasteiger charge is -2.30. The van der Waals surface area contributed by atoms with Gasteiger partial charge in [0, 0.05) is 40.6 Å². The molecular formula is C35H35N3. The number of rotatable bonds is 6. The largest absolute Gasteiger partial charge is 0.310 e. The van der Waals surface area contributed by atoms with Crippen LogP contribution in [0.2, 0.25) is 0 Å². The van der Waals surface area contributed by atoms with E-state index in [9.17, 15) is 0 Å². The van der Waals surface area contributed by atoms with Gasteiger partial charge in [0.25, 0.3) is 0 Å². The lowest BCUT2D eigenvalue weighted by molar-refractivity contribution is 0.588. The number of hydrogen-bond acceptors (Lipinski definition) is 3. The Morgan fingerprint density at radius 1 is 0.579 bits per heavy atom. The Labute approximate surface area is 226 Å². The summed E-state index contributed by atoms with van der Waals surface area (Å²) >= 11 is 0. The molecule has 0 aliphatic heterocycles. The minimum Gasteiger partial charge on any atom is -0.310 e. The molecule has 5 rings (SSSR count). The first-order valence-electron chi connectivity index (χ1n) is 13.3. The number of hydrogen-bond donors (Lipinski definition) is 0. The summed E-state index contributed by atoms with van der Waals surface area (Å²) in [6.07, 6.45) is 3.69. The number of benzene rings is 3. The minimum absolute atomic E-state index is 0.0247. The van der Waals surface area contributed by atoms with Gasteiger partial charge in [-0.2, -0.15) is 0 Å². The normalized spacial score (nSPS) is 11.5. The van der Waals surface area contributed by atoms with E-state index in [0.29, 0.717) is 5.92 Å². The molecule has 38 heavy (non-hydrogen) atoms. The van der Waals surface area contributed by atoms with Crippen LogP contribution in [-0.4, -0.2) is 9.97 Å². The zero-order chi connectivity index (χ0) is 26.7. The van der Waals surface area contributed by atoms with Crippen molar-refractivity contribution in [3.8, 4) is 22.5 Å². The average Bonchev–Trinajstić information content (AvgIpc) is 2.94. The van der Waals surface area contributed by atoms with Gasteiger partial charge >= 0.3 is 0 Å². The van der Waals surface area contributed by atoms with Gasteiger partial charge in [0.05, 0.1) is 11.4 Å². The van der Waals surface area contributed by atoms with Crippen LogP contribution in [0, 0.1) is 0 Å². The van der Waals surface area contributed by atoms with E-state index in [-0.39, 0.29) is 5.41 Å². The van der Waals surface area contributed by atoms with Gasteiger partial charge < -0.3 is 4.90 Å². The summed E-state index contributed by atoms with van der Waals surface area (Å²) in [5, 5.41) is 0. The highest BCUT2D eigenvalue weighted by Crippen LogP contribution is 2.40. The molecule has 3 aromatic carbocycles. The molecular weight excluding hydrogens is 462 g/mol. The molecule has 2 aromatic heterocycles. The Kier molecular flexibility index (Phi) is 7.11. The first-order chi connectivity index (χ1) is 18.3. The third-order valence-electron chi connectivity index (χ3n) is 6.86.